The summed E-state index contributed by atoms with van der Waals surface area (Å²) in [6, 6.07) is 12.2. The molecule has 1 saturated heterocycles. The molecule has 3 aromatic heterocycles. The van der Waals surface area contributed by atoms with E-state index in [2.05, 4.69) is 20.3 Å². The van der Waals surface area contributed by atoms with Gasteiger partial charge in [0.15, 0.2) is 5.82 Å². The predicted molar refractivity (Wildman–Crippen MR) is 115 cm³/mol. The number of halogens is 1. The molecule has 1 fully saturated rings. The minimum absolute atomic E-state index is 0.0424. The van der Waals surface area contributed by atoms with E-state index in [1.165, 1.54) is 12.3 Å². The van der Waals surface area contributed by atoms with Crippen LogP contribution in [0.3, 0.4) is 0 Å². The van der Waals surface area contributed by atoms with Crippen LogP contribution in [-0.4, -0.2) is 46.8 Å². The van der Waals surface area contributed by atoms with E-state index in [4.69, 9.17) is 10.5 Å². The van der Waals surface area contributed by atoms with Crippen LogP contribution in [0.15, 0.2) is 61.1 Å². The number of aromatic nitrogens is 5. The van der Waals surface area contributed by atoms with Gasteiger partial charge in [-0.2, -0.15) is 10.2 Å². The number of pyridine rings is 1. The van der Waals surface area contributed by atoms with Crippen LogP contribution in [0.4, 0.5) is 4.39 Å². The number of thioether (sulfide) groups is 1. The Balaban J connectivity index is 1.26. The highest BCUT2D eigenvalue weighted by Gasteiger charge is 2.52. The number of nitrogens with two attached hydrogens (primary N) is 1. The molecule has 1 aliphatic heterocycles. The van der Waals surface area contributed by atoms with Gasteiger partial charge in [0.25, 0.3) is 5.88 Å². The number of benzene rings is 1. The molecule has 4 aromatic rings. The largest absolute Gasteiger partial charge is 0.436 e. The Morgan fingerprint density at radius 3 is 2.74 bits per heavy atom. The number of nitrogens with one attached hydrogen (secondary N) is 1. The number of aliphatic hydroxyl groups excluding tert-OH is 1. The first-order chi connectivity index (χ1) is 15.0. The van der Waals surface area contributed by atoms with Crippen molar-refractivity contribution in [3.8, 4) is 34.1 Å². The summed E-state index contributed by atoms with van der Waals surface area (Å²) in [5.74, 6) is -0.197. The van der Waals surface area contributed by atoms with Crippen molar-refractivity contribution >= 4 is 11.8 Å². The van der Waals surface area contributed by atoms with Crippen LogP contribution >= 0.6 is 11.8 Å². The van der Waals surface area contributed by atoms with E-state index < -0.39 is 10.7 Å². The number of nitrogens with zero attached hydrogens (tertiary/aromatic N) is 4. The van der Waals surface area contributed by atoms with Gasteiger partial charge >= 0.3 is 0 Å². The Kier molecular flexibility index (Phi) is 4.97. The molecule has 1 aliphatic rings. The average molecular weight is 438 g/mol. The van der Waals surface area contributed by atoms with E-state index in [0.29, 0.717) is 23.6 Å². The molecular formula is C21H19FN6O2S. The average Bonchev–Trinajstić information content (AvgIpc) is 3.19. The fraction of sp³-hybridized carbons (Fsp3) is 0.190. The quantitative estimate of drug-likeness (QED) is 0.380. The number of hydrogen-bond donors (Lipinski definition) is 3. The maximum Gasteiger partial charge on any atom is 0.255 e. The molecule has 0 saturated carbocycles. The van der Waals surface area contributed by atoms with Crippen molar-refractivity contribution in [3.63, 3.8) is 0 Å². The Hall–Kier alpha value is -3.21. The van der Waals surface area contributed by atoms with Crippen LogP contribution in [0.2, 0.25) is 0 Å². The topological polar surface area (TPSA) is 115 Å². The molecule has 0 amide bonds. The van der Waals surface area contributed by atoms with Crippen LogP contribution in [0, 0.1) is 5.82 Å². The molecule has 31 heavy (non-hydrogen) atoms. The van der Waals surface area contributed by atoms with Crippen molar-refractivity contribution in [1.82, 2.24) is 25.0 Å². The van der Waals surface area contributed by atoms with Gasteiger partial charge in [0.2, 0.25) is 0 Å². The third-order valence-electron chi connectivity index (χ3n) is 5.07. The second kappa shape index (κ2) is 7.80. The van der Waals surface area contributed by atoms with Gasteiger partial charge in [-0.3, -0.25) is 9.78 Å². The first-order valence-corrected chi connectivity index (χ1v) is 10.5. The monoisotopic (exact) mass is 438 g/mol. The number of aromatic amines is 1. The third-order valence-corrected chi connectivity index (χ3v) is 6.53. The van der Waals surface area contributed by atoms with Crippen LogP contribution < -0.4 is 10.5 Å². The molecule has 2 atom stereocenters. The highest BCUT2D eigenvalue weighted by molar-refractivity contribution is 8.08. The van der Waals surface area contributed by atoms with Gasteiger partial charge in [0, 0.05) is 29.7 Å². The zero-order valence-corrected chi connectivity index (χ0v) is 17.1. The lowest BCUT2D eigenvalue weighted by molar-refractivity contribution is 0.260. The van der Waals surface area contributed by atoms with Crippen LogP contribution in [-0.2, 0) is 6.54 Å². The van der Waals surface area contributed by atoms with Crippen molar-refractivity contribution in [2.24, 2.45) is 5.73 Å². The normalized spacial score (nSPS) is 20.0. The van der Waals surface area contributed by atoms with Gasteiger partial charge in [-0.1, -0.05) is 0 Å². The third kappa shape index (κ3) is 4.05. The van der Waals surface area contributed by atoms with Crippen LogP contribution in [0.5, 0.6) is 11.6 Å². The van der Waals surface area contributed by atoms with Gasteiger partial charge in [-0.25, -0.2) is 9.37 Å². The van der Waals surface area contributed by atoms with E-state index in [-0.39, 0.29) is 17.7 Å². The Bertz CT molecular complexity index is 1200. The molecule has 8 nitrogen and oxygen atoms in total. The van der Waals surface area contributed by atoms with Crippen molar-refractivity contribution < 1.29 is 14.2 Å². The molecule has 4 heterocycles. The van der Waals surface area contributed by atoms with Gasteiger partial charge in [0.1, 0.15) is 5.75 Å². The second-order valence-corrected chi connectivity index (χ2v) is 8.82. The van der Waals surface area contributed by atoms with E-state index in [1.54, 1.807) is 36.2 Å². The van der Waals surface area contributed by atoms with E-state index in [1.807, 2.05) is 29.1 Å². The van der Waals surface area contributed by atoms with Crippen LogP contribution in [0.25, 0.3) is 22.5 Å². The summed E-state index contributed by atoms with van der Waals surface area (Å²) in [4.78, 5) is 3.52. The minimum atomic E-state index is -0.563. The summed E-state index contributed by atoms with van der Waals surface area (Å²) < 4.78 is 21.8. The number of hydrogen-bond acceptors (Lipinski definition) is 7. The Morgan fingerprint density at radius 2 is 2.06 bits per heavy atom. The zero-order valence-electron chi connectivity index (χ0n) is 16.3. The molecule has 5 rings (SSSR count). The zero-order chi connectivity index (χ0) is 21.4. The smallest absolute Gasteiger partial charge is 0.255 e. The molecule has 158 valence electrons. The van der Waals surface area contributed by atoms with Crippen molar-refractivity contribution in [1.29, 1.82) is 0 Å². The second-order valence-electron chi connectivity index (χ2n) is 7.25. The number of ether oxygens (including phenoxy) is 1. The molecule has 0 spiro atoms. The molecule has 10 heteroatoms. The maximum absolute atomic E-state index is 14.4. The SMILES string of the molecule is N[C@]1(CO)SC1Cn1ccc(-c2ccc(Oc3ncc(-c4ccn[nH]4)cc3F)cc2)n1. The fourth-order valence-corrected chi connectivity index (χ4v) is 4.13. The fourth-order valence-electron chi connectivity index (χ4n) is 3.22. The molecule has 0 bridgehead atoms. The summed E-state index contributed by atoms with van der Waals surface area (Å²) in [5.41, 5.74) is 8.97. The van der Waals surface area contributed by atoms with Crippen molar-refractivity contribution in [2.45, 2.75) is 16.7 Å². The van der Waals surface area contributed by atoms with Crippen molar-refractivity contribution in [3.05, 3.63) is 66.9 Å². The standard InChI is InChI=1S/C21H19FN6O2S/c22-16-9-14(17-5-7-25-26-17)10-24-20(16)30-15-3-1-13(2-4-15)18-6-8-28(27-18)11-19-21(23,12-29)31-19/h1-10,19,29H,11-12,23H2,(H,25,26)/t19?,21-/m1/s1. The van der Waals surface area contributed by atoms with Gasteiger partial charge < -0.3 is 15.6 Å². The summed E-state index contributed by atoms with van der Waals surface area (Å²) in [6.07, 6.45) is 5.00. The van der Waals surface area contributed by atoms with Crippen molar-refractivity contribution in [2.75, 3.05) is 6.61 Å². The Labute approximate surface area is 181 Å². The lowest BCUT2D eigenvalue weighted by atomic mass is 10.1. The number of rotatable bonds is 7. The number of H-pyrrole nitrogens is 1. The summed E-state index contributed by atoms with van der Waals surface area (Å²) in [7, 11) is 0. The number of aliphatic hydroxyl groups is 1. The molecule has 0 radical (unpaired) electrons. The summed E-state index contributed by atoms with van der Waals surface area (Å²) in [5, 5.41) is 20.6. The summed E-state index contributed by atoms with van der Waals surface area (Å²) >= 11 is 1.55. The van der Waals surface area contributed by atoms with Crippen LogP contribution in [0.1, 0.15) is 0 Å². The summed E-state index contributed by atoms with van der Waals surface area (Å²) in [6.45, 7) is 0.599. The molecule has 1 aromatic carbocycles. The molecule has 4 N–H and O–H groups in total. The van der Waals surface area contributed by atoms with Gasteiger partial charge in [-0.15, -0.1) is 11.8 Å². The molecule has 1 unspecified atom stereocenters. The minimum Gasteiger partial charge on any atom is -0.436 e. The lowest BCUT2D eigenvalue weighted by Gasteiger charge is -2.07. The van der Waals surface area contributed by atoms with E-state index in [0.717, 1.165) is 11.3 Å². The highest BCUT2D eigenvalue weighted by Crippen LogP contribution is 2.49. The maximum atomic E-state index is 14.4. The van der Waals surface area contributed by atoms with E-state index >= 15 is 0 Å². The molecule has 0 aliphatic carbocycles. The predicted octanol–water partition coefficient (Wildman–Crippen LogP) is 3.03. The van der Waals surface area contributed by atoms with Gasteiger partial charge in [-0.05, 0) is 42.5 Å². The van der Waals surface area contributed by atoms with Gasteiger partial charge in [0.05, 0.1) is 34.7 Å². The highest BCUT2D eigenvalue weighted by atomic mass is 32.2. The Morgan fingerprint density at radius 1 is 1.23 bits per heavy atom. The van der Waals surface area contributed by atoms with E-state index in [9.17, 15) is 9.50 Å². The first-order valence-electron chi connectivity index (χ1n) is 9.59. The molecular weight excluding hydrogens is 419 g/mol. The lowest BCUT2D eigenvalue weighted by Crippen LogP contribution is -2.32. The first kappa shape index (κ1) is 19.7.